The highest BCUT2D eigenvalue weighted by molar-refractivity contribution is 4.56. The van der Waals surface area contributed by atoms with Crippen LogP contribution in [0, 0.1) is 6.67 Å². The summed E-state index contributed by atoms with van der Waals surface area (Å²) in [5, 5.41) is 7.06. The van der Waals surface area contributed by atoms with Crippen LogP contribution in [0.15, 0.2) is 0 Å². The minimum Gasteiger partial charge on any atom is -0.334 e. The standard InChI is InChI=1S/C2H2F3O/c3-1-2(4,5)6/h1,6H. The van der Waals surface area contributed by atoms with E-state index in [1.807, 2.05) is 0 Å². The first kappa shape index (κ1) is 5.75. The van der Waals surface area contributed by atoms with Crippen LogP contribution in [0.3, 0.4) is 0 Å². The van der Waals surface area contributed by atoms with Gasteiger partial charge in [-0.2, -0.15) is 8.78 Å². The van der Waals surface area contributed by atoms with Crippen molar-refractivity contribution in [3.05, 3.63) is 6.67 Å². The van der Waals surface area contributed by atoms with Crippen LogP contribution in [0.5, 0.6) is 0 Å². The lowest BCUT2D eigenvalue weighted by molar-refractivity contribution is -0.183. The van der Waals surface area contributed by atoms with E-state index in [-0.39, 0.29) is 0 Å². The summed E-state index contributed by atoms with van der Waals surface area (Å²) in [5.74, 6) is 0. The van der Waals surface area contributed by atoms with Gasteiger partial charge in [0, 0.05) is 0 Å². The van der Waals surface area contributed by atoms with Crippen LogP contribution in [0.25, 0.3) is 0 Å². The summed E-state index contributed by atoms with van der Waals surface area (Å²) in [6.07, 6.45) is -4.25. The lowest BCUT2D eigenvalue weighted by Gasteiger charge is -1.96. The van der Waals surface area contributed by atoms with Crippen molar-refractivity contribution in [2.24, 2.45) is 0 Å². The molecule has 0 aromatic rings. The van der Waals surface area contributed by atoms with Gasteiger partial charge in [0.25, 0.3) is 0 Å². The molecule has 0 unspecified atom stereocenters. The molecule has 0 aliphatic rings. The monoisotopic (exact) mass is 99.0 g/mol. The number of rotatable bonds is 1. The molecule has 0 spiro atoms. The molecule has 1 nitrogen and oxygen atoms in total. The second-order valence-corrected chi connectivity index (χ2v) is 0.697. The molecule has 0 aromatic heterocycles. The third kappa shape index (κ3) is 3.75. The summed E-state index contributed by atoms with van der Waals surface area (Å²) in [5.41, 5.74) is 0. The molecule has 0 aliphatic carbocycles. The van der Waals surface area contributed by atoms with Gasteiger partial charge >= 0.3 is 6.11 Å². The molecule has 0 aliphatic heterocycles. The molecule has 0 amide bonds. The van der Waals surface area contributed by atoms with E-state index in [1.165, 1.54) is 0 Å². The van der Waals surface area contributed by atoms with Gasteiger partial charge in [0.15, 0.2) is 0 Å². The average molecular weight is 99.0 g/mol. The van der Waals surface area contributed by atoms with Gasteiger partial charge in [-0.3, -0.25) is 0 Å². The van der Waals surface area contributed by atoms with Gasteiger partial charge in [-0.1, -0.05) is 0 Å². The molecule has 0 heterocycles. The molecule has 0 fully saturated rings. The third-order valence-corrected chi connectivity index (χ3v) is 0.131. The Hall–Kier alpha value is -0.250. The summed E-state index contributed by atoms with van der Waals surface area (Å²) in [7, 11) is 0. The molecule has 0 aromatic carbocycles. The van der Waals surface area contributed by atoms with Crippen LogP contribution >= 0.6 is 0 Å². The summed E-state index contributed by atoms with van der Waals surface area (Å²) in [6.45, 7) is -1.09. The van der Waals surface area contributed by atoms with Crippen LogP contribution in [-0.4, -0.2) is 11.2 Å². The second kappa shape index (κ2) is 1.47. The van der Waals surface area contributed by atoms with E-state index >= 15 is 0 Å². The Morgan fingerprint density at radius 1 is 1.50 bits per heavy atom. The zero-order valence-corrected chi connectivity index (χ0v) is 2.66. The summed E-state index contributed by atoms with van der Waals surface area (Å²) < 4.78 is 31.5. The molecular weight excluding hydrogens is 97.0 g/mol. The lowest BCUT2D eigenvalue weighted by atomic mass is 10.7. The number of alkyl halides is 2. The molecule has 37 valence electrons. The molecule has 1 radical (unpaired) electrons. The molecule has 4 heteroatoms. The van der Waals surface area contributed by atoms with Crippen molar-refractivity contribution >= 4 is 0 Å². The van der Waals surface area contributed by atoms with Crippen LogP contribution in [0.1, 0.15) is 0 Å². The predicted molar refractivity (Wildman–Crippen MR) is 12.6 cm³/mol. The minimum atomic E-state index is -4.25. The highest BCUT2D eigenvalue weighted by Crippen LogP contribution is 2.10. The van der Waals surface area contributed by atoms with Crippen molar-refractivity contribution in [3.8, 4) is 0 Å². The van der Waals surface area contributed by atoms with Gasteiger partial charge in [-0.15, -0.1) is 0 Å². The first-order valence-electron chi connectivity index (χ1n) is 1.11. The van der Waals surface area contributed by atoms with Gasteiger partial charge in [0.1, 0.15) is 0 Å². The fourth-order valence-electron chi connectivity index (χ4n) is 0. The number of aliphatic hydroxyl groups is 1. The van der Waals surface area contributed by atoms with Crippen LogP contribution in [0.4, 0.5) is 13.2 Å². The summed E-state index contributed by atoms with van der Waals surface area (Å²) in [6, 6.07) is 0. The molecule has 0 atom stereocenters. The molecule has 0 saturated heterocycles. The lowest BCUT2D eigenvalue weighted by Crippen LogP contribution is -2.10. The van der Waals surface area contributed by atoms with Crippen LogP contribution in [-0.2, 0) is 0 Å². The SMILES string of the molecule is OC(F)(F)[CH]F. The van der Waals surface area contributed by atoms with E-state index in [4.69, 9.17) is 5.11 Å². The maximum Gasteiger partial charge on any atom is 0.387 e. The molecular formula is C2H2F3O. The van der Waals surface area contributed by atoms with E-state index in [9.17, 15) is 13.2 Å². The smallest absolute Gasteiger partial charge is 0.334 e. The molecule has 0 bridgehead atoms. The van der Waals surface area contributed by atoms with E-state index < -0.39 is 12.8 Å². The maximum atomic E-state index is 10.6. The molecule has 6 heavy (non-hydrogen) atoms. The van der Waals surface area contributed by atoms with Gasteiger partial charge < -0.3 is 5.11 Å². The van der Waals surface area contributed by atoms with Crippen molar-refractivity contribution in [3.63, 3.8) is 0 Å². The minimum absolute atomic E-state index is 1.09. The predicted octanol–water partition coefficient (Wildman–Crippen LogP) is 0.703. The Bertz CT molecular complexity index is 38.5. The Kier molecular flexibility index (Phi) is 1.40. The second-order valence-electron chi connectivity index (χ2n) is 0.697. The Morgan fingerprint density at radius 2 is 1.67 bits per heavy atom. The number of hydrogen-bond donors (Lipinski definition) is 1. The topological polar surface area (TPSA) is 20.2 Å². The Morgan fingerprint density at radius 3 is 1.67 bits per heavy atom. The maximum absolute atomic E-state index is 10.6. The van der Waals surface area contributed by atoms with E-state index in [0.717, 1.165) is 0 Å². The van der Waals surface area contributed by atoms with Crippen molar-refractivity contribution in [1.29, 1.82) is 0 Å². The molecule has 1 N–H and O–H groups in total. The van der Waals surface area contributed by atoms with Crippen molar-refractivity contribution in [1.82, 2.24) is 0 Å². The van der Waals surface area contributed by atoms with Crippen molar-refractivity contribution in [2.75, 3.05) is 0 Å². The van der Waals surface area contributed by atoms with E-state index in [1.54, 1.807) is 0 Å². The van der Waals surface area contributed by atoms with Crippen LogP contribution in [0.2, 0.25) is 0 Å². The van der Waals surface area contributed by atoms with Gasteiger partial charge in [0.2, 0.25) is 6.67 Å². The molecule has 0 saturated carbocycles. The third-order valence-electron chi connectivity index (χ3n) is 0.131. The summed E-state index contributed by atoms with van der Waals surface area (Å²) >= 11 is 0. The number of halogens is 3. The average Bonchev–Trinajstić information content (AvgIpc) is 1.35. The fraction of sp³-hybridized carbons (Fsp3) is 0.500. The zero-order chi connectivity index (χ0) is 5.21. The Labute approximate surface area is 32.4 Å². The van der Waals surface area contributed by atoms with Gasteiger partial charge in [0.05, 0.1) is 0 Å². The summed E-state index contributed by atoms with van der Waals surface area (Å²) in [4.78, 5) is 0. The highest BCUT2D eigenvalue weighted by Gasteiger charge is 2.24. The Balaban J connectivity index is 3.17. The normalized spacial score (nSPS) is 12.0. The zero-order valence-electron chi connectivity index (χ0n) is 2.66. The van der Waals surface area contributed by atoms with Crippen molar-refractivity contribution < 1.29 is 18.3 Å². The van der Waals surface area contributed by atoms with Gasteiger partial charge in [-0.25, -0.2) is 4.39 Å². The largest absolute Gasteiger partial charge is 0.387 e. The van der Waals surface area contributed by atoms with Crippen molar-refractivity contribution in [2.45, 2.75) is 6.11 Å². The molecule has 0 rings (SSSR count). The van der Waals surface area contributed by atoms with E-state index in [2.05, 4.69) is 0 Å². The van der Waals surface area contributed by atoms with Gasteiger partial charge in [-0.05, 0) is 0 Å². The van der Waals surface area contributed by atoms with E-state index in [0.29, 0.717) is 0 Å². The fourth-order valence-corrected chi connectivity index (χ4v) is 0. The highest BCUT2D eigenvalue weighted by atomic mass is 19.3. The quantitative estimate of drug-likeness (QED) is 0.513. The first-order valence-corrected chi connectivity index (χ1v) is 1.11. The number of hydrogen-bond acceptors (Lipinski definition) is 1. The first-order chi connectivity index (χ1) is 2.56. The van der Waals surface area contributed by atoms with Crippen LogP contribution < -0.4 is 0 Å².